The van der Waals surface area contributed by atoms with Gasteiger partial charge in [-0.15, -0.1) is 0 Å². The third-order valence-electron chi connectivity index (χ3n) is 9.30. The number of fused-ring (bicyclic) bond motifs is 1. The second-order valence-electron chi connectivity index (χ2n) is 12.8. The predicted molar refractivity (Wildman–Crippen MR) is 203 cm³/mol. The zero-order valence-corrected chi connectivity index (χ0v) is 30.0. The van der Waals surface area contributed by atoms with Crippen LogP contribution in [0.3, 0.4) is 0 Å². The molecule has 11 heteroatoms. The lowest BCUT2D eigenvalue weighted by Crippen LogP contribution is -2.24. The van der Waals surface area contributed by atoms with Crippen LogP contribution in [-0.4, -0.2) is 58.5 Å². The Morgan fingerprint density at radius 3 is 2.33 bits per heavy atom. The van der Waals surface area contributed by atoms with Crippen LogP contribution in [0.2, 0.25) is 0 Å². The van der Waals surface area contributed by atoms with Crippen LogP contribution in [0.15, 0.2) is 97.7 Å². The predicted octanol–water partition coefficient (Wildman–Crippen LogP) is 7.96. The van der Waals surface area contributed by atoms with E-state index < -0.39 is 0 Å². The van der Waals surface area contributed by atoms with Gasteiger partial charge in [0.25, 0.3) is 0 Å². The van der Waals surface area contributed by atoms with Crippen molar-refractivity contribution in [3.8, 4) is 22.8 Å². The molecule has 0 saturated carbocycles. The second-order valence-corrected chi connectivity index (χ2v) is 12.8. The summed E-state index contributed by atoms with van der Waals surface area (Å²) in [6, 6.07) is 22.6. The molecule has 1 atom stereocenters. The summed E-state index contributed by atoms with van der Waals surface area (Å²) in [5, 5.41) is 9.94. The number of methoxy groups -OCH3 is 2. The van der Waals surface area contributed by atoms with E-state index in [1.54, 1.807) is 20.4 Å². The SMILES string of the molecule is CCc1ccncc1-c1cc2cc(Nc3cnn(CCOC4CCCCO4)c3)ncc2c(N(Cc2ccc(OC)cc2)Cc2ccc(OC)cc2)n1. The van der Waals surface area contributed by atoms with E-state index in [-0.39, 0.29) is 6.29 Å². The number of aromatic nitrogens is 5. The fourth-order valence-corrected chi connectivity index (χ4v) is 6.47. The molecule has 1 aliphatic rings. The molecular weight excluding hydrogens is 654 g/mol. The summed E-state index contributed by atoms with van der Waals surface area (Å²) >= 11 is 0. The maximum Gasteiger partial charge on any atom is 0.157 e. The molecule has 0 bridgehead atoms. The Labute approximate surface area is 304 Å². The number of hydrogen-bond acceptors (Lipinski definition) is 10. The Morgan fingerprint density at radius 1 is 0.904 bits per heavy atom. The average Bonchev–Trinajstić information content (AvgIpc) is 3.64. The molecular formula is C41H45N7O4. The molecule has 4 aromatic heterocycles. The summed E-state index contributed by atoms with van der Waals surface area (Å²) in [4.78, 5) is 17.0. The first-order valence-electron chi connectivity index (χ1n) is 17.9. The molecule has 0 spiro atoms. The average molecular weight is 700 g/mol. The molecule has 1 aliphatic heterocycles. The summed E-state index contributed by atoms with van der Waals surface area (Å²) in [5.74, 6) is 3.17. The lowest BCUT2D eigenvalue weighted by Gasteiger charge is -2.26. The Hall–Kier alpha value is -5.52. The van der Waals surface area contributed by atoms with Gasteiger partial charge in [-0.2, -0.15) is 5.10 Å². The highest BCUT2D eigenvalue weighted by Gasteiger charge is 2.19. The maximum absolute atomic E-state index is 5.91. The number of nitrogens with zero attached hydrogens (tertiary/aromatic N) is 6. The Balaban J connectivity index is 1.23. The normalized spacial score (nSPS) is 14.3. The quantitative estimate of drug-likeness (QED) is 0.113. The summed E-state index contributed by atoms with van der Waals surface area (Å²) in [6.45, 7) is 5.33. The van der Waals surface area contributed by atoms with Crippen LogP contribution >= 0.6 is 0 Å². The van der Waals surface area contributed by atoms with E-state index in [0.29, 0.717) is 32.1 Å². The van der Waals surface area contributed by atoms with Crippen LogP contribution < -0.4 is 19.7 Å². The van der Waals surface area contributed by atoms with Crippen molar-refractivity contribution in [1.82, 2.24) is 24.7 Å². The van der Waals surface area contributed by atoms with Gasteiger partial charge < -0.3 is 29.2 Å². The van der Waals surface area contributed by atoms with E-state index >= 15 is 0 Å². The minimum absolute atomic E-state index is 0.114. The van der Waals surface area contributed by atoms with E-state index in [9.17, 15) is 0 Å². The van der Waals surface area contributed by atoms with Gasteiger partial charge in [-0.1, -0.05) is 31.2 Å². The van der Waals surface area contributed by atoms with Gasteiger partial charge in [0.1, 0.15) is 23.1 Å². The van der Waals surface area contributed by atoms with Crippen molar-refractivity contribution >= 4 is 28.1 Å². The Kier molecular flexibility index (Phi) is 11.2. The van der Waals surface area contributed by atoms with Gasteiger partial charge in [0.2, 0.25) is 0 Å². The van der Waals surface area contributed by atoms with Crippen molar-refractivity contribution in [2.45, 2.75) is 58.5 Å². The zero-order valence-electron chi connectivity index (χ0n) is 30.0. The Morgan fingerprint density at radius 2 is 1.65 bits per heavy atom. The van der Waals surface area contributed by atoms with Crippen molar-refractivity contribution < 1.29 is 18.9 Å². The second kappa shape index (κ2) is 16.7. The van der Waals surface area contributed by atoms with Gasteiger partial charge in [-0.3, -0.25) is 9.67 Å². The Bertz CT molecular complexity index is 2010. The van der Waals surface area contributed by atoms with E-state index in [2.05, 4.69) is 69.7 Å². The number of anilines is 3. The molecule has 52 heavy (non-hydrogen) atoms. The first-order valence-corrected chi connectivity index (χ1v) is 17.9. The number of rotatable bonds is 15. The first kappa shape index (κ1) is 34.9. The van der Waals surface area contributed by atoms with Crippen molar-refractivity contribution in [2.75, 3.05) is 37.7 Å². The number of aryl methyl sites for hydroxylation is 1. The van der Waals surface area contributed by atoms with Crippen LogP contribution in [0.5, 0.6) is 11.5 Å². The molecule has 0 radical (unpaired) electrons. The van der Waals surface area contributed by atoms with Gasteiger partial charge in [0, 0.05) is 55.4 Å². The third kappa shape index (κ3) is 8.50. The molecule has 7 rings (SSSR count). The molecule has 1 N–H and O–H groups in total. The molecule has 1 unspecified atom stereocenters. The smallest absolute Gasteiger partial charge is 0.157 e. The fourth-order valence-electron chi connectivity index (χ4n) is 6.47. The maximum atomic E-state index is 5.91. The van der Waals surface area contributed by atoms with E-state index in [1.807, 2.05) is 53.7 Å². The molecule has 1 saturated heterocycles. The van der Waals surface area contributed by atoms with Gasteiger partial charge >= 0.3 is 0 Å². The van der Waals surface area contributed by atoms with Crippen LogP contribution in [-0.2, 0) is 35.5 Å². The van der Waals surface area contributed by atoms with Crippen molar-refractivity contribution in [2.24, 2.45) is 0 Å². The minimum Gasteiger partial charge on any atom is -0.497 e. The molecule has 6 aromatic rings. The van der Waals surface area contributed by atoms with Crippen LogP contribution in [0.4, 0.5) is 17.3 Å². The number of nitrogens with one attached hydrogen (secondary N) is 1. The lowest BCUT2D eigenvalue weighted by molar-refractivity contribution is -0.163. The number of benzene rings is 2. The highest BCUT2D eigenvalue weighted by molar-refractivity contribution is 5.96. The van der Waals surface area contributed by atoms with Crippen molar-refractivity contribution in [1.29, 1.82) is 0 Å². The monoisotopic (exact) mass is 699 g/mol. The van der Waals surface area contributed by atoms with E-state index in [0.717, 1.165) is 88.5 Å². The minimum atomic E-state index is -0.114. The molecule has 2 aromatic carbocycles. The van der Waals surface area contributed by atoms with E-state index in [4.69, 9.17) is 28.9 Å². The van der Waals surface area contributed by atoms with Crippen LogP contribution in [0.25, 0.3) is 22.0 Å². The third-order valence-corrected chi connectivity index (χ3v) is 9.30. The van der Waals surface area contributed by atoms with E-state index in [1.165, 1.54) is 5.56 Å². The lowest BCUT2D eigenvalue weighted by atomic mass is 10.0. The number of hydrogen-bond donors (Lipinski definition) is 1. The van der Waals surface area contributed by atoms with Crippen molar-refractivity contribution in [3.63, 3.8) is 0 Å². The molecule has 5 heterocycles. The molecule has 268 valence electrons. The molecule has 0 amide bonds. The fraction of sp³-hybridized carbons (Fsp3) is 0.317. The number of pyridine rings is 3. The largest absolute Gasteiger partial charge is 0.497 e. The standard InChI is InChI=1S/C41H45N7O4/c1-4-31-16-17-42-24-36(31)38-21-32-22-39(45-33-23-44-48(28-33)18-20-52-40-7-5-6-19-51-40)43-25-37(32)41(46-38)47(26-29-8-12-34(49-2)13-9-29)27-30-10-14-35(50-3)15-11-30/h8-17,21-25,28,40H,4-7,18-20,26-27H2,1-3H3,(H,43,45). The highest BCUT2D eigenvalue weighted by atomic mass is 16.7. The van der Waals surface area contributed by atoms with Crippen LogP contribution in [0, 0.1) is 0 Å². The van der Waals surface area contributed by atoms with Gasteiger partial charge in [0.15, 0.2) is 6.29 Å². The summed E-state index contributed by atoms with van der Waals surface area (Å²) in [6.07, 6.45) is 13.4. The topological polar surface area (TPSA) is 109 Å². The van der Waals surface area contributed by atoms with Crippen LogP contribution in [0.1, 0.15) is 42.9 Å². The van der Waals surface area contributed by atoms with Gasteiger partial charge in [-0.25, -0.2) is 9.97 Å². The summed E-state index contributed by atoms with van der Waals surface area (Å²) < 4.78 is 24.4. The molecule has 11 nitrogen and oxygen atoms in total. The first-order chi connectivity index (χ1) is 25.6. The summed E-state index contributed by atoms with van der Waals surface area (Å²) in [5.41, 5.74) is 6.15. The van der Waals surface area contributed by atoms with Gasteiger partial charge in [-0.05, 0) is 90.2 Å². The number of ether oxygens (including phenoxy) is 4. The zero-order chi connectivity index (χ0) is 35.7. The summed E-state index contributed by atoms with van der Waals surface area (Å²) in [7, 11) is 3.36. The highest BCUT2D eigenvalue weighted by Crippen LogP contribution is 2.34. The van der Waals surface area contributed by atoms with Crippen molar-refractivity contribution in [3.05, 3.63) is 114 Å². The van der Waals surface area contributed by atoms with Gasteiger partial charge in [0.05, 0.1) is 44.9 Å². The molecule has 1 fully saturated rings. The molecule has 0 aliphatic carbocycles.